The molecule has 1 atom stereocenters. The van der Waals surface area contributed by atoms with E-state index in [9.17, 15) is 9.59 Å². The first kappa shape index (κ1) is 19.5. The van der Waals surface area contributed by atoms with Crippen LogP contribution in [-0.2, 0) is 9.59 Å². The van der Waals surface area contributed by atoms with Gasteiger partial charge in [-0.2, -0.15) is 0 Å². The third kappa shape index (κ3) is 4.51. The Hall–Kier alpha value is -2.31. The average molecular weight is 402 g/mol. The third-order valence-electron chi connectivity index (χ3n) is 4.32. The number of nitrogens with zero attached hydrogens (tertiary/aromatic N) is 2. The molecule has 27 heavy (non-hydrogen) atoms. The molecule has 1 heterocycles. The normalized spacial score (nSPS) is 18.2. The second-order valence-electron chi connectivity index (χ2n) is 6.40. The molecule has 2 aromatic carbocycles. The molecule has 0 bridgehead atoms. The summed E-state index contributed by atoms with van der Waals surface area (Å²) in [5.74, 6) is -0.317. The van der Waals surface area contributed by atoms with Gasteiger partial charge in [0.1, 0.15) is 5.25 Å². The number of halogens is 1. The molecule has 5 nitrogen and oxygen atoms in total. The zero-order valence-electron chi connectivity index (χ0n) is 15.3. The van der Waals surface area contributed by atoms with Crippen molar-refractivity contribution in [2.75, 3.05) is 12.4 Å². The van der Waals surface area contributed by atoms with Crippen molar-refractivity contribution < 1.29 is 9.59 Å². The van der Waals surface area contributed by atoms with Gasteiger partial charge < -0.3 is 5.32 Å². The van der Waals surface area contributed by atoms with Crippen LogP contribution in [-0.4, -0.2) is 34.2 Å². The molecule has 0 radical (unpaired) electrons. The number of carbonyl (C=O) groups excluding carboxylic acids is 2. The standard InChI is InChI=1S/C20H20ClN3O2S/c1-12-6-4-5-7-15(12)22-18(25)11-17-19(26)24(3)20(27-17)23-16-10-14(21)9-8-13(16)2/h4-10,17H,11H2,1-3H3,(H,22,25)/t17-/m1/s1. The Labute approximate surface area is 167 Å². The molecule has 1 aliphatic heterocycles. The predicted molar refractivity (Wildman–Crippen MR) is 112 cm³/mol. The van der Waals surface area contributed by atoms with Crippen molar-refractivity contribution in [1.82, 2.24) is 4.90 Å². The van der Waals surface area contributed by atoms with E-state index in [0.29, 0.717) is 10.2 Å². The molecule has 1 aliphatic rings. The SMILES string of the molecule is Cc1ccc(Cl)cc1N=C1S[C@H](CC(=O)Nc2ccccc2C)C(=O)N1C. The summed E-state index contributed by atoms with van der Waals surface area (Å²) in [6.45, 7) is 3.86. The number of carbonyl (C=O) groups is 2. The van der Waals surface area contributed by atoms with E-state index >= 15 is 0 Å². The molecule has 140 valence electrons. The van der Waals surface area contributed by atoms with Crippen molar-refractivity contribution in [2.24, 2.45) is 4.99 Å². The number of aliphatic imine (C=N–C) groups is 1. The van der Waals surface area contributed by atoms with Gasteiger partial charge in [0.05, 0.1) is 5.69 Å². The number of rotatable bonds is 4. The lowest BCUT2D eigenvalue weighted by Crippen LogP contribution is -2.30. The van der Waals surface area contributed by atoms with Gasteiger partial charge in [-0.05, 0) is 43.2 Å². The lowest BCUT2D eigenvalue weighted by Gasteiger charge is -2.10. The summed E-state index contributed by atoms with van der Waals surface area (Å²) in [7, 11) is 1.67. The van der Waals surface area contributed by atoms with Crippen molar-refractivity contribution in [2.45, 2.75) is 25.5 Å². The van der Waals surface area contributed by atoms with Gasteiger partial charge in [0.25, 0.3) is 0 Å². The number of hydrogen-bond donors (Lipinski definition) is 1. The lowest BCUT2D eigenvalue weighted by atomic mass is 10.2. The molecule has 1 fully saturated rings. The Morgan fingerprint density at radius 2 is 1.96 bits per heavy atom. The van der Waals surface area contributed by atoms with E-state index in [1.807, 2.05) is 44.2 Å². The van der Waals surface area contributed by atoms with Crippen LogP contribution in [0.1, 0.15) is 17.5 Å². The van der Waals surface area contributed by atoms with Gasteiger partial charge >= 0.3 is 0 Å². The molecule has 0 saturated carbocycles. The van der Waals surface area contributed by atoms with Gasteiger partial charge in [0, 0.05) is 24.2 Å². The van der Waals surface area contributed by atoms with E-state index < -0.39 is 5.25 Å². The number of benzene rings is 2. The highest BCUT2D eigenvalue weighted by Crippen LogP contribution is 2.32. The number of amidine groups is 1. The predicted octanol–water partition coefficient (Wildman–Crippen LogP) is 4.55. The minimum Gasteiger partial charge on any atom is -0.326 e. The summed E-state index contributed by atoms with van der Waals surface area (Å²) in [5, 5.41) is 3.54. The maximum Gasteiger partial charge on any atom is 0.242 e. The summed E-state index contributed by atoms with van der Waals surface area (Å²) in [5.41, 5.74) is 3.42. The van der Waals surface area contributed by atoms with Crippen LogP contribution in [0.25, 0.3) is 0 Å². The van der Waals surface area contributed by atoms with E-state index in [-0.39, 0.29) is 18.2 Å². The minimum absolute atomic E-state index is 0.0930. The Morgan fingerprint density at radius 3 is 2.70 bits per heavy atom. The molecule has 0 spiro atoms. The quantitative estimate of drug-likeness (QED) is 0.817. The minimum atomic E-state index is -0.489. The fraction of sp³-hybridized carbons (Fsp3) is 0.250. The Kier molecular flexibility index (Phi) is 5.87. The van der Waals surface area contributed by atoms with Gasteiger partial charge in [-0.1, -0.05) is 47.6 Å². The van der Waals surface area contributed by atoms with Crippen LogP contribution in [0.15, 0.2) is 47.5 Å². The Balaban J connectivity index is 1.72. The summed E-state index contributed by atoms with van der Waals surface area (Å²) in [4.78, 5) is 31.0. The molecule has 1 N–H and O–H groups in total. The van der Waals surface area contributed by atoms with Gasteiger partial charge in [-0.15, -0.1) is 0 Å². The largest absolute Gasteiger partial charge is 0.326 e. The molecular formula is C20H20ClN3O2S. The summed E-state index contributed by atoms with van der Waals surface area (Å²) < 4.78 is 0. The first-order valence-corrected chi connectivity index (χ1v) is 9.75. The number of nitrogens with one attached hydrogen (secondary N) is 1. The number of para-hydroxylation sites is 1. The summed E-state index contributed by atoms with van der Waals surface area (Å²) >= 11 is 7.35. The molecule has 7 heteroatoms. The topological polar surface area (TPSA) is 61.8 Å². The van der Waals surface area contributed by atoms with Crippen LogP contribution in [0.5, 0.6) is 0 Å². The molecule has 1 saturated heterocycles. The van der Waals surface area contributed by atoms with E-state index in [2.05, 4.69) is 10.3 Å². The fourth-order valence-corrected chi connectivity index (χ4v) is 4.00. The highest BCUT2D eigenvalue weighted by Gasteiger charge is 2.37. The highest BCUT2D eigenvalue weighted by atomic mass is 35.5. The van der Waals surface area contributed by atoms with E-state index in [1.165, 1.54) is 16.7 Å². The molecule has 2 aromatic rings. The van der Waals surface area contributed by atoms with E-state index in [1.54, 1.807) is 19.2 Å². The molecule has 3 rings (SSSR count). The van der Waals surface area contributed by atoms with Crippen LogP contribution in [0.3, 0.4) is 0 Å². The first-order chi connectivity index (χ1) is 12.8. The second kappa shape index (κ2) is 8.15. The van der Waals surface area contributed by atoms with Crippen LogP contribution in [0.4, 0.5) is 11.4 Å². The number of anilines is 1. The van der Waals surface area contributed by atoms with Crippen molar-refractivity contribution in [3.63, 3.8) is 0 Å². The maximum absolute atomic E-state index is 12.5. The van der Waals surface area contributed by atoms with Crippen LogP contribution < -0.4 is 5.32 Å². The monoisotopic (exact) mass is 401 g/mol. The van der Waals surface area contributed by atoms with Gasteiger partial charge in [0.2, 0.25) is 11.8 Å². The number of hydrogen-bond acceptors (Lipinski definition) is 4. The van der Waals surface area contributed by atoms with Crippen molar-refractivity contribution >= 4 is 51.7 Å². The van der Waals surface area contributed by atoms with Crippen molar-refractivity contribution in [1.29, 1.82) is 0 Å². The molecule has 0 unspecified atom stereocenters. The maximum atomic E-state index is 12.5. The summed E-state index contributed by atoms with van der Waals surface area (Å²) in [6, 6.07) is 13.0. The molecule has 2 amide bonds. The Bertz CT molecular complexity index is 929. The fourth-order valence-electron chi connectivity index (χ4n) is 2.69. The number of thioether (sulfide) groups is 1. The third-order valence-corrected chi connectivity index (χ3v) is 5.78. The highest BCUT2D eigenvalue weighted by molar-refractivity contribution is 8.15. The second-order valence-corrected chi connectivity index (χ2v) is 8.00. The van der Waals surface area contributed by atoms with Gasteiger partial charge in [-0.3, -0.25) is 14.5 Å². The van der Waals surface area contributed by atoms with Crippen LogP contribution in [0.2, 0.25) is 5.02 Å². The molecule has 0 aromatic heterocycles. The van der Waals surface area contributed by atoms with Crippen molar-refractivity contribution in [3.05, 3.63) is 58.6 Å². The zero-order chi connectivity index (χ0) is 19.6. The van der Waals surface area contributed by atoms with E-state index in [4.69, 9.17) is 11.6 Å². The smallest absolute Gasteiger partial charge is 0.242 e. The summed E-state index contributed by atoms with van der Waals surface area (Å²) in [6.07, 6.45) is 0.0930. The number of amides is 2. The Morgan fingerprint density at radius 1 is 1.22 bits per heavy atom. The lowest BCUT2D eigenvalue weighted by molar-refractivity contribution is -0.127. The molecular weight excluding hydrogens is 382 g/mol. The van der Waals surface area contributed by atoms with Gasteiger partial charge in [-0.25, -0.2) is 4.99 Å². The molecule has 0 aliphatic carbocycles. The first-order valence-electron chi connectivity index (χ1n) is 8.49. The van der Waals surface area contributed by atoms with Crippen LogP contribution >= 0.6 is 23.4 Å². The van der Waals surface area contributed by atoms with Crippen molar-refractivity contribution in [3.8, 4) is 0 Å². The van der Waals surface area contributed by atoms with Crippen LogP contribution in [0, 0.1) is 13.8 Å². The van der Waals surface area contributed by atoms with E-state index in [0.717, 1.165) is 22.5 Å². The number of aryl methyl sites for hydroxylation is 2. The van der Waals surface area contributed by atoms with Gasteiger partial charge in [0.15, 0.2) is 5.17 Å². The average Bonchev–Trinajstić information content (AvgIpc) is 2.88. The zero-order valence-corrected chi connectivity index (χ0v) is 16.9.